The van der Waals surface area contributed by atoms with E-state index in [1.807, 2.05) is 49.4 Å². The SMILES string of the molecule is Cc1ccc(NC2CCCCO2)c(C(=N)C(NC(=O)c2cncc(Cc3ccc(Cn4ccccc4=O)cc3)c2)C(N)=O)c1. The third-order valence-electron chi connectivity index (χ3n) is 7.55. The number of nitrogens with one attached hydrogen (secondary N) is 3. The molecule has 10 nitrogen and oxygen atoms in total. The fourth-order valence-corrected chi connectivity index (χ4v) is 5.18. The number of anilines is 1. The van der Waals surface area contributed by atoms with E-state index in [0.717, 1.165) is 41.5 Å². The molecule has 1 aliphatic heterocycles. The van der Waals surface area contributed by atoms with Gasteiger partial charge < -0.3 is 31.1 Å². The summed E-state index contributed by atoms with van der Waals surface area (Å²) in [7, 11) is 0. The molecule has 1 saturated heterocycles. The van der Waals surface area contributed by atoms with Gasteiger partial charge in [-0.1, -0.05) is 42.0 Å². The van der Waals surface area contributed by atoms with Crippen LogP contribution in [0.4, 0.5) is 5.69 Å². The monoisotopic (exact) mass is 592 g/mol. The van der Waals surface area contributed by atoms with E-state index in [9.17, 15) is 14.4 Å². The molecule has 3 heterocycles. The summed E-state index contributed by atoms with van der Waals surface area (Å²) in [6.45, 7) is 3.03. The highest BCUT2D eigenvalue weighted by atomic mass is 16.5. The van der Waals surface area contributed by atoms with E-state index in [1.54, 1.807) is 35.2 Å². The van der Waals surface area contributed by atoms with Crippen LogP contribution in [0.5, 0.6) is 0 Å². The maximum atomic E-state index is 13.3. The van der Waals surface area contributed by atoms with Gasteiger partial charge in [0.1, 0.15) is 6.23 Å². The van der Waals surface area contributed by atoms with Crippen LogP contribution in [0.2, 0.25) is 0 Å². The van der Waals surface area contributed by atoms with Gasteiger partial charge in [-0.25, -0.2) is 0 Å². The number of primary amides is 1. The Kier molecular flexibility index (Phi) is 9.61. The zero-order valence-corrected chi connectivity index (χ0v) is 24.6. The second-order valence-corrected chi connectivity index (χ2v) is 11.0. The lowest BCUT2D eigenvalue weighted by Crippen LogP contribution is -2.50. The molecular formula is C34H36N6O4. The Morgan fingerprint density at radius 3 is 2.57 bits per heavy atom. The normalized spacial score (nSPS) is 15.2. The summed E-state index contributed by atoms with van der Waals surface area (Å²) in [4.78, 5) is 42.1. The lowest BCUT2D eigenvalue weighted by atomic mass is 9.98. The highest BCUT2D eigenvalue weighted by Crippen LogP contribution is 2.23. The van der Waals surface area contributed by atoms with Gasteiger partial charge in [0.15, 0.2) is 6.04 Å². The highest BCUT2D eigenvalue weighted by Gasteiger charge is 2.27. The summed E-state index contributed by atoms with van der Waals surface area (Å²) in [6, 6.07) is 18.9. The third-order valence-corrected chi connectivity index (χ3v) is 7.55. The Morgan fingerprint density at radius 1 is 1.05 bits per heavy atom. The van der Waals surface area contributed by atoms with Crippen LogP contribution in [0.1, 0.15) is 57.4 Å². The van der Waals surface area contributed by atoms with Gasteiger partial charge in [0, 0.05) is 42.5 Å². The average molecular weight is 593 g/mol. The number of pyridine rings is 2. The summed E-state index contributed by atoms with van der Waals surface area (Å²) < 4.78 is 7.44. The van der Waals surface area contributed by atoms with Gasteiger partial charge in [0.25, 0.3) is 11.5 Å². The van der Waals surface area contributed by atoms with Crippen molar-refractivity contribution in [2.45, 2.75) is 51.4 Å². The minimum atomic E-state index is -1.36. The van der Waals surface area contributed by atoms with E-state index in [1.165, 1.54) is 12.3 Å². The van der Waals surface area contributed by atoms with Gasteiger partial charge in [-0.15, -0.1) is 0 Å². The Labute approximate surface area is 255 Å². The fourth-order valence-electron chi connectivity index (χ4n) is 5.18. The van der Waals surface area contributed by atoms with Crippen LogP contribution < -0.4 is 21.9 Å². The first kappa shape index (κ1) is 30.4. The number of aryl methyl sites for hydroxylation is 1. The maximum absolute atomic E-state index is 13.3. The summed E-state index contributed by atoms with van der Waals surface area (Å²) >= 11 is 0. The number of carbonyl (C=O) groups is 2. The molecule has 10 heteroatoms. The molecule has 226 valence electrons. The van der Waals surface area contributed by atoms with Crippen molar-refractivity contribution >= 4 is 23.2 Å². The molecule has 4 aromatic rings. The van der Waals surface area contributed by atoms with Crippen molar-refractivity contribution in [2.75, 3.05) is 11.9 Å². The number of nitrogens with zero attached hydrogens (tertiary/aromatic N) is 2. The van der Waals surface area contributed by atoms with Gasteiger partial charge in [-0.2, -0.15) is 0 Å². The molecule has 44 heavy (non-hydrogen) atoms. The van der Waals surface area contributed by atoms with Crippen LogP contribution in [0.25, 0.3) is 0 Å². The zero-order chi connectivity index (χ0) is 31.1. The largest absolute Gasteiger partial charge is 0.368 e. The number of aromatic nitrogens is 2. The van der Waals surface area contributed by atoms with E-state index < -0.39 is 17.9 Å². The van der Waals surface area contributed by atoms with E-state index >= 15 is 0 Å². The van der Waals surface area contributed by atoms with Crippen LogP contribution in [-0.2, 0) is 22.5 Å². The first-order chi connectivity index (χ1) is 21.3. The highest BCUT2D eigenvalue weighted by molar-refractivity contribution is 6.19. The molecule has 2 unspecified atom stereocenters. The third kappa shape index (κ3) is 7.64. The molecular weight excluding hydrogens is 556 g/mol. The van der Waals surface area contributed by atoms with Crippen LogP contribution in [-0.4, -0.2) is 46.0 Å². The maximum Gasteiger partial charge on any atom is 0.253 e. The van der Waals surface area contributed by atoms with Gasteiger partial charge in [-0.3, -0.25) is 19.4 Å². The predicted octanol–water partition coefficient (Wildman–Crippen LogP) is 3.78. The quantitative estimate of drug-likeness (QED) is 0.195. The summed E-state index contributed by atoms with van der Waals surface area (Å²) in [5.41, 5.74) is 10.6. The topological polar surface area (TPSA) is 152 Å². The number of hydrogen-bond donors (Lipinski definition) is 4. The molecule has 0 radical (unpaired) electrons. The minimum Gasteiger partial charge on any atom is -0.368 e. The number of ether oxygens (including phenoxy) is 1. The number of amides is 2. The average Bonchev–Trinajstić information content (AvgIpc) is 3.03. The molecule has 1 aliphatic rings. The molecule has 2 amide bonds. The summed E-state index contributed by atoms with van der Waals surface area (Å²) in [5.74, 6) is -1.40. The first-order valence-electron chi connectivity index (χ1n) is 14.6. The van der Waals surface area contributed by atoms with Gasteiger partial charge >= 0.3 is 0 Å². The Bertz CT molecular complexity index is 1710. The van der Waals surface area contributed by atoms with Crippen molar-refractivity contribution in [3.63, 3.8) is 0 Å². The van der Waals surface area contributed by atoms with Crippen molar-refractivity contribution in [3.8, 4) is 0 Å². The van der Waals surface area contributed by atoms with Crippen molar-refractivity contribution in [1.82, 2.24) is 14.9 Å². The number of benzene rings is 2. The van der Waals surface area contributed by atoms with Crippen LogP contribution in [0.3, 0.4) is 0 Å². The van der Waals surface area contributed by atoms with E-state index in [4.69, 9.17) is 15.9 Å². The van der Waals surface area contributed by atoms with E-state index in [0.29, 0.717) is 30.8 Å². The Morgan fingerprint density at radius 2 is 1.84 bits per heavy atom. The molecule has 1 fully saturated rings. The summed E-state index contributed by atoms with van der Waals surface area (Å²) in [5, 5.41) is 14.9. The van der Waals surface area contributed by atoms with Crippen LogP contribution in [0.15, 0.2) is 90.1 Å². The second kappa shape index (κ2) is 13.9. The predicted molar refractivity (Wildman–Crippen MR) is 169 cm³/mol. The molecule has 2 aromatic heterocycles. The molecule has 2 atom stereocenters. The van der Waals surface area contributed by atoms with Gasteiger partial charge in [0.05, 0.1) is 17.8 Å². The van der Waals surface area contributed by atoms with E-state index in [2.05, 4.69) is 15.6 Å². The van der Waals surface area contributed by atoms with Gasteiger partial charge in [-0.05, 0) is 73.6 Å². The zero-order valence-electron chi connectivity index (χ0n) is 24.6. The molecule has 0 aliphatic carbocycles. The number of nitrogens with two attached hydrogens (primary N) is 1. The molecule has 0 spiro atoms. The number of carbonyl (C=O) groups excluding carboxylic acids is 2. The standard InChI is InChI=1S/C34H36N6O4/c1-22-8-13-28(38-29-6-3-5-15-44-29)27(16-22)31(35)32(33(36)42)39-34(43)26-18-25(19-37-20-26)17-23-9-11-24(12-10-23)21-40-14-4-2-7-30(40)41/h2,4,7-14,16,18-20,29,32,35,38H,3,5-6,15,17,21H2,1H3,(H2,36,42)(H,39,43). The fraction of sp³-hybridized carbons (Fsp3) is 0.265. The van der Waals surface area contributed by atoms with Gasteiger partial charge in [0.2, 0.25) is 5.91 Å². The van der Waals surface area contributed by atoms with Crippen LogP contribution >= 0.6 is 0 Å². The van der Waals surface area contributed by atoms with Crippen LogP contribution in [0, 0.1) is 12.3 Å². The number of hydrogen-bond acceptors (Lipinski definition) is 7. The van der Waals surface area contributed by atoms with Crippen molar-refractivity contribution < 1.29 is 14.3 Å². The Balaban J connectivity index is 1.27. The molecule has 5 rings (SSSR count). The molecule has 5 N–H and O–H groups in total. The second-order valence-electron chi connectivity index (χ2n) is 11.0. The lowest BCUT2D eigenvalue weighted by Gasteiger charge is -2.27. The van der Waals surface area contributed by atoms with Crippen molar-refractivity contribution in [1.29, 1.82) is 5.41 Å². The first-order valence-corrected chi connectivity index (χ1v) is 14.6. The molecule has 0 saturated carbocycles. The molecule has 0 bridgehead atoms. The van der Waals surface area contributed by atoms with Crippen molar-refractivity contribution in [3.05, 3.63) is 129 Å². The lowest BCUT2D eigenvalue weighted by molar-refractivity contribution is -0.118. The summed E-state index contributed by atoms with van der Waals surface area (Å²) in [6.07, 6.45) is 8.05. The Hall–Kier alpha value is -5.09. The molecule has 2 aromatic carbocycles. The van der Waals surface area contributed by atoms with E-state index in [-0.39, 0.29) is 23.1 Å². The van der Waals surface area contributed by atoms with Crippen molar-refractivity contribution in [2.24, 2.45) is 5.73 Å². The number of rotatable bonds is 11. The smallest absolute Gasteiger partial charge is 0.253 e. The minimum absolute atomic E-state index is 0.0588.